The Hall–Kier alpha value is -7.72. The summed E-state index contributed by atoms with van der Waals surface area (Å²) in [4.78, 5) is 10.7. The second-order valence-corrected chi connectivity index (χ2v) is 17.1. The predicted molar refractivity (Wildman–Crippen MR) is 259 cm³/mol. The van der Waals surface area contributed by atoms with Crippen LogP contribution in [0.15, 0.2) is 231 Å². The Morgan fingerprint density at radius 3 is 1.45 bits per heavy atom. The molecule has 0 fully saturated rings. The van der Waals surface area contributed by atoms with Gasteiger partial charge in [-0.25, -0.2) is 9.97 Å². The number of rotatable bonds is 7. The van der Waals surface area contributed by atoms with E-state index >= 15 is 0 Å². The van der Waals surface area contributed by atoms with Crippen LogP contribution in [0.2, 0.25) is 0 Å². The molecule has 1 aliphatic carbocycles. The Bertz CT molecular complexity index is 3420. The van der Waals surface area contributed by atoms with Gasteiger partial charge in [-0.3, -0.25) is 0 Å². The van der Waals surface area contributed by atoms with Crippen molar-refractivity contribution in [2.75, 3.05) is 0 Å². The molecule has 0 unspecified atom stereocenters. The zero-order valence-corrected chi connectivity index (χ0v) is 34.6. The van der Waals surface area contributed by atoms with Gasteiger partial charge in [-0.05, 0) is 86.0 Å². The van der Waals surface area contributed by atoms with Crippen LogP contribution in [-0.2, 0) is 5.41 Å². The Kier molecular flexibility index (Phi) is 8.62. The van der Waals surface area contributed by atoms with E-state index in [0.717, 1.165) is 44.8 Å². The Labute approximate surface area is 365 Å². The maximum Gasteiger partial charge on any atom is 0.160 e. The standard InChI is InChI=1S/C59H38N2S/c1-4-18-39(19-5-1)58-60-54(38-55(61-58)48-28-13-11-25-45(48)41-33-35-57-51(37-41)49-29-15-17-31-56(49)62-57)47-27-12-10-24-44(47)40-32-34-53-50(36-40)46-26-14-16-30-52(46)59(53,42-20-6-2-7-21-42)43-22-8-3-9-23-43/h1-38H. The second-order valence-electron chi connectivity index (χ2n) is 16.0. The van der Waals surface area contributed by atoms with Crippen molar-refractivity contribution in [3.8, 4) is 67.3 Å². The average Bonchev–Trinajstić information content (AvgIpc) is 3.88. The fourth-order valence-electron chi connectivity index (χ4n) is 9.87. The maximum absolute atomic E-state index is 5.36. The van der Waals surface area contributed by atoms with Gasteiger partial charge in [-0.1, -0.05) is 200 Å². The van der Waals surface area contributed by atoms with Gasteiger partial charge < -0.3 is 0 Å². The molecule has 11 aromatic rings. The molecule has 0 amide bonds. The molecule has 0 bridgehead atoms. The zero-order valence-electron chi connectivity index (χ0n) is 33.7. The van der Waals surface area contributed by atoms with Gasteiger partial charge in [0, 0.05) is 36.9 Å². The summed E-state index contributed by atoms with van der Waals surface area (Å²) in [5.41, 5.74) is 16.6. The van der Waals surface area contributed by atoms with Crippen LogP contribution >= 0.6 is 11.3 Å². The Balaban J connectivity index is 1.04. The molecule has 3 heteroatoms. The normalized spacial score (nSPS) is 12.6. The molecule has 1 aliphatic rings. The summed E-state index contributed by atoms with van der Waals surface area (Å²) < 4.78 is 2.60. The van der Waals surface area contributed by atoms with Crippen LogP contribution in [0.1, 0.15) is 22.3 Å². The second kappa shape index (κ2) is 14.8. The van der Waals surface area contributed by atoms with E-state index in [4.69, 9.17) is 9.97 Å². The highest BCUT2D eigenvalue weighted by molar-refractivity contribution is 7.25. The molecule has 290 valence electrons. The molecule has 0 N–H and O–H groups in total. The van der Waals surface area contributed by atoms with Gasteiger partial charge in [0.25, 0.3) is 0 Å². The fourth-order valence-corrected chi connectivity index (χ4v) is 11.0. The van der Waals surface area contributed by atoms with Gasteiger partial charge in [-0.2, -0.15) is 0 Å². The highest BCUT2D eigenvalue weighted by Gasteiger charge is 2.46. The number of nitrogens with zero attached hydrogens (tertiary/aromatic N) is 2. The monoisotopic (exact) mass is 806 g/mol. The van der Waals surface area contributed by atoms with Gasteiger partial charge >= 0.3 is 0 Å². The molecule has 0 saturated heterocycles. The molecule has 2 aromatic heterocycles. The van der Waals surface area contributed by atoms with Crippen molar-refractivity contribution in [3.63, 3.8) is 0 Å². The minimum atomic E-state index is -0.451. The molecule has 9 aromatic carbocycles. The van der Waals surface area contributed by atoms with Gasteiger partial charge in [0.05, 0.1) is 16.8 Å². The summed E-state index contributed by atoms with van der Waals surface area (Å²) in [5, 5.41) is 2.57. The van der Waals surface area contributed by atoms with Gasteiger partial charge in [0.15, 0.2) is 5.82 Å². The van der Waals surface area contributed by atoms with Gasteiger partial charge in [-0.15, -0.1) is 11.3 Å². The summed E-state index contributed by atoms with van der Waals surface area (Å²) in [6.45, 7) is 0. The molecule has 0 atom stereocenters. The first kappa shape index (κ1) is 36.2. The third kappa shape index (κ3) is 5.78. The number of thiophene rings is 1. The lowest BCUT2D eigenvalue weighted by atomic mass is 9.67. The van der Waals surface area contributed by atoms with Crippen molar-refractivity contribution in [2.24, 2.45) is 0 Å². The van der Waals surface area contributed by atoms with Crippen molar-refractivity contribution >= 4 is 31.5 Å². The molecule has 62 heavy (non-hydrogen) atoms. The van der Waals surface area contributed by atoms with E-state index in [1.165, 1.54) is 59.1 Å². The van der Waals surface area contributed by atoms with E-state index < -0.39 is 5.41 Å². The first-order valence-corrected chi connectivity index (χ1v) is 22.0. The number of fused-ring (bicyclic) bond motifs is 6. The molecule has 12 rings (SSSR count). The first-order chi connectivity index (χ1) is 30.7. The summed E-state index contributed by atoms with van der Waals surface area (Å²) in [6.07, 6.45) is 0. The number of hydrogen-bond acceptors (Lipinski definition) is 3. The van der Waals surface area contributed by atoms with Crippen molar-refractivity contribution < 1.29 is 0 Å². The number of aromatic nitrogens is 2. The molecular formula is C59H38N2S. The van der Waals surface area contributed by atoms with Crippen molar-refractivity contribution in [3.05, 3.63) is 253 Å². The van der Waals surface area contributed by atoms with Crippen LogP contribution in [0.25, 0.3) is 87.5 Å². The quantitative estimate of drug-likeness (QED) is 0.160. The minimum absolute atomic E-state index is 0.451. The third-order valence-electron chi connectivity index (χ3n) is 12.6. The first-order valence-electron chi connectivity index (χ1n) is 21.1. The molecule has 0 spiro atoms. The van der Waals surface area contributed by atoms with E-state index in [2.05, 4.69) is 224 Å². The van der Waals surface area contributed by atoms with Gasteiger partial charge in [0.1, 0.15) is 0 Å². The maximum atomic E-state index is 5.36. The molecule has 2 nitrogen and oxygen atoms in total. The van der Waals surface area contributed by atoms with Crippen LogP contribution in [0, 0.1) is 0 Å². The Morgan fingerprint density at radius 1 is 0.306 bits per heavy atom. The van der Waals surface area contributed by atoms with Crippen molar-refractivity contribution in [2.45, 2.75) is 5.41 Å². The number of benzene rings is 9. The summed E-state index contributed by atoms with van der Waals surface area (Å²) in [6, 6.07) is 83.4. The van der Waals surface area contributed by atoms with Gasteiger partial charge in [0.2, 0.25) is 0 Å². The van der Waals surface area contributed by atoms with Crippen LogP contribution in [0.4, 0.5) is 0 Å². The Morgan fingerprint density at radius 2 is 0.790 bits per heavy atom. The number of hydrogen-bond donors (Lipinski definition) is 0. The van der Waals surface area contributed by atoms with E-state index in [1.807, 2.05) is 17.4 Å². The van der Waals surface area contributed by atoms with Crippen LogP contribution in [0.5, 0.6) is 0 Å². The lowest BCUT2D eigenvalue weighted by Gasteiger charge is -2.33. The molecule has 0 aliphatic heterocycles. The van der Waals surface area contributed by atoms with E-state index in [1.54, 1.807) is 0 Å². The molecule has 2 heterocycles. The predicted octanol–water partition coefficient (Wildman–Crippen LogP) is 15.5. The lowest BCUT2D eigenvalue weighted by Crippen LogP contribution is -2.28. The molecule has 0 radical (unpaired) electrons. The van der Waals surface area contributed by atoms with Crippen molar-refractivity contribution in [1.29, 1.82) is 0 Å². The topological polar surface area (TPSA) is 25.8 Å². The smallest absolute Gasteiger partial charge is 0.160 e. The molecule has 0 saturated carbocycles. The molecular weight excluding hydrogens is 769 g/mol. The largest absolute Gasteiger partial charge is 0.228 e. The lowest BCUT2D eigenvalue weighted by molar-refractivity contribution is 0.768. The van der Waals surface area contributed by atoms with Crippen LogP contribution in [0.3, 0.4) is 0 Å². The highest BCUT2D eigenvalue weighted by Crippen LogP contribution is 2.57. The fraction of sp³-hybridized carbons (Fsp3) is 0.0169. The summed E-state index contributed by atoms with van der Waals surface area (Å²) in [5.74, 6) is 0.695. The SMILES string of the molecule is c1ccc(-c2nc(-c3ccccc3-c3ccc4c(c3)-c3ccccc3C4(c3ccccc3)c3ccccc3)cc(-c3ccccc3-c3ccc4sc5ccccc5c4c3)n2)cc1. The van der Waals surface area contributed by atoms with E-state index in [9.17, 15) is 0 Å². The van der Waals surface area contributed by atoms with E-state index in [0.29, 0.717) is 5.82 Å². The third-order valence-corrected chi connectivity index (χ3v) is 13.8. The van der Waals surface area contributed by atoms with Crippen molar-refractivity contribution in [1.82, 2.24) is 9.97 Å². The summed E-state index contributed by atoms with van der Waals surface area (Å²) in [7, 11) is 0. The zero-order chi connectivity index (χ0) is 41.0. The van der Waals surface area contributed by atoms with Crippen LogP contribution < -0.4 is 0 Å². The van der Waals surface area contributed by atoms with Crippen LogP contribution in [-0.4, -0.2) is 9.97 Å². The van der Waals surface area contributed by atoms with E-state index in [-0.39, 0.29) is 0 Å². The summed E-state index contributed by atoms with van der Waals surface area (Å²) >= 11 is 1.84. The average molecular weight is 807 g/mol. The minimum Gasteiger partial charge on any atom is -0.228 e. The highest BCUT2D eigenvalue weighted by atomic mass is 32.1.